The first kappa shape index (κ1) is 37.1. The van der Waals surface area contributed by atoms with E-state index in [0.717, 1.165) is 28.3 Å². The van der Waals surface area contributed by atoms with Gasteiger partial charge in [0, 0.05) is 24.5 Å². The Morgan fingerprint density at radius 2 is 1.50 bits per heavy atom. The van der Waals surface area contributed by atoms with E-state index in [9.17, 15) is 29.1 Å². The molecule has 4 aromatic carbocycles. The summed E-state index contributed by atoms with van der Waals surface area (Å²) >= 11 is 0. The molecular weight excluding hydrogens is 698 g/mol. The Morgan fingerprint density at radius 1 is 0.852 bits per heavy atom. The Hall–Kier alpha value is -6.63. The Labute approximate surface area is 309 Å². The lowest BCUT2D eigenvalue weighted by atomic mass is 9.98. The highest BCUT2D eigenvalue weighted by atomic mass is 16.7. The van der Waals surface area contributed by atoms with Gasteiger partial charge in [0.15, 0.2) is 0 Å². The molecule has 54 heavy (non-hydrogen) atoms. The predicted octanol–water partition coefficient (Wildman–Crippen LogP) is 7.25. The van der Waals surface area contributed by atoms with Crippen molar-refractivity contribution in [1.29, 1.82) is 0 Å². The van der Waals surface area contributed by atoms with Gasteiger partial charge >= 0.3 is 24.2 Å². The first-order chi connectivity index (χ1) is 25.8. The molecule has 278 valence electrons. The third kappa shape index (κ3) is 8.36. The van der Waals surface area contributed by atoms with Crippen LogP contribution in [0.1, 0.15) is 50.7 Å². The summed E-state index contributed by atoms with van der Waals surface area (Å²) in [5.74, 6) is -2.02. The topological polar surface area (TPSA) is 177 Å². The molecule has 13 nitrogen and oxygen atoms in total. The minimum absolute atomic E-state index is 0.0220. The van der Waals surface area contributed by atoms with Crippen molar-refractivity contribution in [3.63, 3.8) is 0 Å². The molecule has 0 saturated carbocycles. The van der Waals surface area contributed by atoms with Gasteiger partial charge in [0.25, 0.3) is 0 Å². The predicted molar refractivity (Wildman–Crippen MR) is 195 cm³/mol. The molecule has 2 N–H and O–H groups in total. The minimum atomic E-state index is -1.18. The fourth-order valence-corrected chi connectivity index (χ4v) is 6.15. The summed E-state index contributed by atoms with van der Waals surface area (Å²) in [6.07, 6.45) is -1.01. The number of aromatic hydroxyl groups is 1. The number of nitrogens with one attached hydrogen (secondary N) is 1. The number of esters is 2. The van der Waals surface area contributed by atoms with E-state index in [4.69, 9.17) is 28.1 Å². The minimum Gasteiger partial charge on any atom is -0.507 e. The van der Waals surface area contributed by atoms with E-state index in [0.29, 0.717) is 5.56 Å². The van der Waals surface area contributed by atoms with Crippen LogP contribution in [-0.2, 0) is 23.8 Å². The van der Waals surface area contributed by atoms with Crippen molar-refractivity contribution in [2.75, 3.05) is 13.7 Å². The maximum atomic E-state index is 13.3. The summed E-state index contributed by atoms with van der Waals surface area (Å²) in [7, 11) is 1.17. The lowest BCUT2D eigenvalue weighted by molar-refractivity contribution is -0.143. The smallest absolute Gasteiger partial charge is 0.507 e. The monoisotopic (exact) mass is 735 g/mol. The summed E-state index contributed by atoms with van der Waals surface area (Å²) in [6.45, 7) is 5.05. The number of phenols is 1. The van der Waals surface area contributed by atoms with E-state index in [1.807, 2.05) is 48.5 Å². The highest BCUT2D eigenvalue weighted by Crippen LogP contribution is 2.44. The fourth-order valence-electron chi connectivity index (χ4n) is 6.15. The van der Waals surface area contributed by atoms with Crippen LogP contribution in [-0.4, -0.2) is 54.7 Å². The van der Waals surface area contributed by atoms with E-state index in [1.165, 1.54) is 43.7 Å². The van der Waals surface area contributed by atoms with Crippen LogP contribution in [0.4, 0.5) is 9.59 Å². The molecule has 0 saturated heterocycles. The zero-order valence-electron chi connectivity index (χ0n) is 29.9. The molecule has 1 heterocycles. The Kier molecular flexibility index (Phi) is 10.7. The normalized spacial score (nSPS) is 12.6. The van der Waals surface area contributed by atoms with Gasteiger partial charge in [0.1, 0.15) is 52.7 Å². The van der Waals surface area contributed by atoms with E-state index in [2.05, 4.69) is 5.32 Å². The number of ether oxygens (including phenoxy) is 5. The molecule has 0 fully saturated rings. The Balaban J connectivity index is 1.04. The Bertz CT molecular complexity index is 2240. The molecule has 0 bridgehead atoms. The summed E-state index contributed by atoms with van der Waals surface area (Å²) in [6, 6.07) is 23.0. The molecule has 1 atom stereocenters. The van der Waals surface area contributed by atoms with E-state index < -0.39 is 47.0 Å². The van der Waals surface area contributed by atoms with Gasteiger partial charge in [-0.1, -0.05) is 60.7 Å². The summed E-state index contributed by atoms with van der Waals surface area (Å²) in [4.78, 5) is 63.5. The van der Waals surface area contributed by atoms with Crippen LogP contribution in [0.3, 0.4) is 0 Å². The van der Waals surface area contributed by atoms with Crippen LogP contribution in [0.5, 0.6) is 17.2 Å². The van der Waals surface area contributed by atoms with Crippen molar-refractivity contribution in [2.24, 2.45) is 0 Å². The number of rotatable bonds is 10. The van der Waals surface area contributed by atoms with Crippen molar-refractivity contribution in [2.45, 2.75) is 51.2 Å². The van der Waals surface area contributed by atoms with Gasteiger partial charge in [0.2, 0.25) is 5.43 Å². The van der Waals surface area contributed by atoms with Crippen molar-refractivity contribution in [3.8, 4) is 39.5 Å². The van der Waals surface area contributed by atoms with Gasteiger partial charge < -0.3 is 38.5 Å². The van der Waals surface area contributed by atoms with Crippen molar-refractivity contribution in [1.82, 2.24) is 5.32 Å². The summed E-state index contributed by atoms with van der Waals surface area (Å²) in [5, 5.41) is 13.0. The molecule has 0 radical (unpaired) electrons. The molecule has 1 aliphatic rings. The van der Waals surface area contributed by atoms with Crippen LogP contribution in [0.25, 0.3) is 33.2 Å². The third-order valence-corrected chi connectivity index (χ3v) is 8.58. The van der Waals surface area contributed by atoms with E-state index in [1.54, 1.807) is 20.8 Å². The first-order valence-electron chi connectivity index (χ1n) is 17.0. The molecule has 0 aliphatic heterocycles. The van der Waals surface area contributed by atoms with Crippen LogP contribution >= 0.6 is 0 Å². The third-order valence-electron chi connectivity index (χ3n) is 8.58. The molecule has 13 heteroatoms. The molecular formula is C41H37NO12. The number of phenolic OH excluding ortho intramolecular Hbond substituents is 1. The number of methoxy groups -OCH3 is 1. The lowest BCUT2D eigenvalue weighted by Crippen LogP contribution is -2.42. The largest absolute Gasteiger partial charge is 0.514 e. The number of amides is 1. The summed E-state index contributed by atoms with van der Waals surface area (Å²) in [5.41, 5.74) is 3.35. The van der Waals surface area contributed by atoms with Gasteiger partial charge in [-0.05, 0) is 67.1 Å². The van der Waals surface area contributed by atoms with Crippen molar-refractivity contribution >= 4 is 35.2 Å². The number of benzene rings is 4. The SMILES string of the molecule is COC(=O)[C@H](CCC(=O)Oc1ccc(-c2coc3cc(OC(=O)OC(C)(C)C)cc(O)c3c2=O)cc1)NC(=O)OCC1c2ccccc2-c2ccccc21. The molecule has 1 aromatic heterocycles. The maximum Gasteiger partial charge on any atom is 0.514 e. The molecule has 1 aliphatic carbocycles. The van der Waals surface area contributed by atoms with E-state index in [-0.39, 0.29) is 53.4 Å². The van der Waals surface area contributed by atoms with Crippen molar-refractivity contribution < 1.29 is 52.4 Å². The molecule has 0 spiro atoms. The van der Waals surface area contributed by atoms with Crippen LogP contribution in [0.15, 0.2) is 100 Å². The van der Waals surface area contributed by atoms with Gasteiger partial charge in [-0.15, -0.1) is 0 Å². The lowest BCUT2D eigenvalue weighted by Gasteiger charge is -2.18. The molecule has 5 aromatic rings. The molecule has 0 unspecified atom stereocenters. The number of carbonyl (C=O) groups is 4. The number of alkyl carbamates (subject to hydrolysis) is 1. The van der Waals surface area contributed by atoms with Crippen molar-refractivity contribution in [3.05, 3.63) is 113 Å². The summed E-state index contributed by atoms with van der Waals surface area (Å²) < 4.78 is 31.6. The zero-order chi connectivity index (χ0) is 38.6. The van der Waals surface area contributed by atoms with Gasteiger partial charge in [0.05, 0.1) is 12.7 Å². The average Bonchev–Trinajstić information content (AvgIpc) is 3.45. The standard InChI is InChI=1S/C41H37NO12/c1-41(2,3)54-40(48)53-25-19-33(43)36-34(20-25)50-21-30(37(36)45)23-13-15-24(16-14-23)52-35(44)18-17-32(38(46)49-4)42-39(47)51-22-31-28-11-7-5-9-26(28)27-10-6-8-12-29(27)31/h5-16,19-21,31-32,43H,17-18,22H2,1-4H3,(H,42,47)/t32-/m0/s1. The van der Waals surface area contributed by atoms with Gasteiger partial charge in [-0.3, -0.25) is 9.59 Å². The van der Waals surface area contributed by atoms with Gasteiger partial charge in [-0.2, -0.15) is 0 Å². The second-order valence-corrected chi connectivity index (χ2v) is 13.4. The van der Waals surface area contributed by atoms with E-state index >= 15 is 0 Å². The highest BCUT2D eigenvalue weighted by molar-refractivity contribution is 5.89. The van der Waals surface area contributed by atoms with Gasteiger partial charge in [-0.25, -0.2) is 14.4 Å². The molecule has 1 amide bonds. The van der Waals surface area contributed by atoms with Crippen LogP contribution in [0, 0.1) is 0 Å². The average molecular weight is 736 g/mol. The Morgan fingerprint density at radius 3 is 2.13 bits per heavy atom. The number of fused-ring (bicyclic) bond motifs is 4. The number of hydrogen-bond donors (Lipinski definition) is 2. The number of hydrogen-bond acceptors (Lipinski definition) is 12. The zero-order valence-corrected chi connectivity index (χ0v) is 29.9. The number of carbonyl (C=O) groups excluding carboxylic acids is 4. The fraction of sp³-hybridized carbons (Fsp3) is 0.244. The van der Waals surface area contributed by atoms with Crippen LogP contribution < -0.4 is 20.2 Å². The second-order valence-electron chi connectivity index (χ2n) is 13.4. The quantitative estimate of drug-likeness (QED) is 0.0637. The first-order valence-corrected chi connectivity index (χ1v) is 17.0. The maximum absolute atomic E-state index is 13.3. The second kappa shape index (κ2) is 15.5. The highest BCUT2D eigenvalue weighted by Gasteiger charge is 2.30. The van der Waals surface area contributed by atoms with Crippen LogP contribution in [0.2, 0.25) is 0 Å². The molecule has 6 rings (SSSR count).